The molecule has 1 aromatic carbocycles. The van der Waals surface area contributed by atoms with Crippen LogP contribution in [0.2, 0.25) is 0 Å². The molecule has 0 aliphatic carbocycles. The highest BCUT2D eigenvalue weighted by atomic mass is 15.1. The van der Waals surface area contributed by atoms with Gasteiger partial charge in [0.15, 0.2) is 0 Å². The third-order valence-corrected chi connectivity index (χ3v) is 3.53. The monoisotopic (exact) mass is 218 g/mol. The van der Waals surface area contributed by atoms with Crippen LogP contribution in [0.15, 0.2) is 30.3 Å². The smallest absolute Gasteiger partial charge is 0.0233 e. The van der Waals surface area contributed by atoms with Gasteiger partial charge in [-0.25, -0.2) is 0 Å². The third kappa shape index (κ3) is 3.06. The Morgan fingerprint density at radius 3 is 2.81 bits per heavy atom. The van der Waals surface area contributed by atoms with E-state index in [4.69, 9.17) is 5.73 Å². The van der Waals surface area contributed by atoms with Gasteiger partial charge in [0.1, 0.15) is 0 Å². The van der Waals surface area contributed by atoms with Gasteiger partial charge in [0.05, 0.1) is 0 Å². The van der Waals surface area contributed by atoms with Crippen LogP contribution in [0.5, 0.6) is 0 Å². The molecule has 1 saturated heterocycles. The predicted octanol–water partition coefficient (Wildman–Crippen LogP) is 2.25. The number of nitrogens with zero attached hydrogens (tertiary/aromatic N) is 1. The second-order valence-corrected chi connectivity index (χ2v) is 4.98. The van der Waals surface area contributed by atoms with Crippen molar-refractivity contribution in [2.45, 2.75) is 32.4 Å². The second kappa shape index (κ2) is 5.46. The average molecular weight is 218 g/mol. The van der Waals surface area contributed by atoms with Crippen molar-refractivity contribution in [2.24, 2.45) is 11.7 Å². The number of benzene rings is 1. The molecule has 1 aliphatic heterocycles. The summed E-state index contributed by atoms with van der Waals surface area (Å²) < 4.78 is 0. The predicted molar refractivity (Wildman–Crippen MR) is 68.1 cm³/mol. The Kier molecular flexibility index (Phi) is 3.97. The highest BCUT2D eigenvalue weighted by Gasteiger charge is 2.22. The Hall–Kier alpha value is -0.860. The number of nitrogens with two attached hydrogens (primary N) is 1. The van der Waals surface area contributed by atoms with Gasteiger partial charge in [-0.3, -0.25) is 4.90 Å². The molecule has 88 valence electrons. The molecule has 2 heteroatoms. The molecule has 0 bridgehead atoms. The summed E-state index contributed by atoms with van der Waals surface area (Å²) in [6.45, 7) is 5.59. The first kappa shape index (κ1) is 11.6. The van der Waals surface area contributed by atoms with E-state index in [0.717, 1.165) is 13.1 Å². The molecule has 1 heterocycles. The number of hydrogen-bond acceptors (Lipinski definition) is 2. The minimum Gasteiger partial charge on any atom is -0.328 e. The summed E-state index contributed by atoms with van der Waals surface area (Å²) >= 11 is 0. The summed E-state index contributed by atoms with van der Waals surface area (Å²) in [6.07, 6.45) is 2.59. The molecular formula is C14H22N2. The van der Waals surface area contributed by atoms with Crippen molar-refractivity contribution in [3.8, 4) is 0 Å². The standard InChI is InChI=1S/C14H22N2/c1-12(15)14-8-5-9-16(11-14)10-13-6-3-2-4-7-13/h2-4,6-7,12,14H,5,8-11,15H2,1H3/t12-,14-/m0/s1. The first-order valence-corrected chi connectivity index (χ1v) is 6.27. The molecule has 2 atom stereocenters. The van der Waals surface area contributed by atoms with Gasteiger partial charge in [-0.05, 0) is 37.8 Å². The quantitative estimate of drug-likeness (QED) is 0.843. The third-order valence-electron chi connectivity index (χ3n) is 3.53. The highest BCUT2D eigenvalue weighted by Crippen LogP contribution is 2.20. The molecule has 1 aliphatic rings. The summed E-state index contributed by atoms with van der Waals surface area (Å²) in [4.78, 5) is 2.53. The maximum absolute atomic E-state index is 6.00. The van der Waals surface area contributed by atoms with Crippen molar-refractivity contribution in [3.63, 3.8) is 0 Å². The molecule has 16 heavy (non-hydrogen) atoms. The SMILES string of the molecule is C[C@H](N)[C@H]1CCCN(Cc2ccccc2)C1. The zero-order valence-corrected chi connectivity index (χ0v) is 10.1. The minimum absolute atomic E-state index is 0.332. The zero-order chi connectivity index (χ0) is 11.4. The largest absolute Gasteiger partial charge is 0.328 e. The van der Waals surface area contributed by atoms with Crippen LogP contribution in [0.4, 0.5) is 0 Å². The van der Waals surface area contributed by atoms with Crippen molar-refractivity contribution < 1.29 is 0 Å². The average Bonchev–Trinajstić information content (AvgIpc) is 2.30. The van der Waals surface area contributed by atoms with Gasteiger partial charge in [-0.2, -0.15) is 0 Å². The summed E-state index contributed by atoms with van der Waals surface area (Å²) in [5.41, 5.74) is 7.41. The van der Waals surface area contributed by atoms with Crippen LogP contribution in [0.25, 0.3) is 0 Å². The molecule has 0 unspecified atom stereocenters. The summed E-state index contributed by atoms with van der Waals surface area (Å²) in [7, 11) is 0. The summed E-state index contributed by atoms with van der Waals surface area (Å²) in [5.74, 6) is 0.678. The van der Waals surface area contributed by atoms with Gasteiger partial charge < -0.3 is 5.73 Å². The van der Waals surface area contributed by atoms with E-state index in [1.165, 1.54) is 24.9 Å². The van der Waals surface area contributed by atoms with Crippen LogP contribution < -0.4 is 5.73 Å². The van der Waals surface area contributed by atoms with Gasteiger partial charge in [0, 0.05) is 19.1 Å². The van der Waals surface area contributed by atoms with Crippen LogP contribution in [0.3, 0.4) is 0 Å². The van der Waals surface area contributed by atoms with Gasteiger partial charge in [0.2, 0.25) is 0 Å². The van der Waals surface area contributed by atoms with Crippen molar-refractivity contribution in [1.82, 2.24) is 4.90 Å². The van der Waals surface area contributed by atoms with Crippen LogP contribution in [-0.4, -0.2) is 24.0 Å². The fourth-order valence-electron chi connectivity index (χ4n) is 2.51. The van der Waals surface area contributed by atoms with E-state index in [2.05, 4.69) is 42.2 Å². The van der Waals surface area contributed by atoms with E-state index in [9.17, 15) is 0 Å². The Morgan fingerprint density at radius 1 is 1.38 bits per heavy atom. The fraction of sp³-hybridized carbons (Fsp3) is 0.571. The Morgan fingerprint density at radius 2 is 2.12 bits per heavy atom. The maximum Gasteiger partial charge on any atom is 0.0233 e. The first-order valence-electron chi connectivity index (χ1n) is 6.27. The molecule has 2 N–H and O–H groups in total. The summed E-state index contributed by atoms with van der Waals surface area (Å²) in [6, 6.07) is 11.0. The Labute approximate surface area is 98.4 Å². The molecule has 0 amide bonds. The lowest BCUT2D eigenvalue weighted by atomic mass is 9.92. The van der Waals surface area contributed by atoms with E-state index in [0.29, 0.717) is 12.0 Å². The molecule has 0 aromatic heterocycles. The van der Waals surface area contributed by atoms with Crippen LogP contribution >= 0.6 is 0 Å². The topological polar surface area (TPSA) is 29.3 Å². The molecule has 2 rings (SSSR count). The number of piperidine rings is 1. The van der Waals surface area contributed by atoms with Crippen molar-refractivity contribution in [2.75, 3.05) is 13.1 Å². The zero-order valence-electron chi connectivity index (χ0n) is 10.1. The Bertz CT molecular complexity index is 308. The van der Waals surface area contributed by atoms with E-state index in [1.807, 2.05) is 0 Å². The van der Waals surface area contributed by atoms with E-state index < -0.39 is 0 Å². The Balaban J connectivity index is 1.90. The van der Waals surface area contributed by atoms with E-state index in [-0.39, 0.29) is 0 Å². The number of likely N-dealkylation sites (tertiary alicyclic amines) is 1. The van der Waals surface area contributed by atoms with Crippen molar-refractivity contribution in [1.29, 1.82) is 0 Å². The van der Waals surface area contributed by atoms with Gasteiger partial charge >= 0.3 is 0 Å². The number of rotatable bonds is 3. The highest BCUT2D eigenvalue weighted by molar-refractivity contribution is 5.14. The normalized spacial score (nSPS) is 24.2. The minimum atomic E-state index is 0.332. The lowest BCUT2D eigenvalue weighted by molar-refractivity contribution is 0.154. The van der Waals surface area contributed by atoms with Crippen LogP contribution in [-0.2, 0) is 6.54 Å². The van der Waals surface area contributed by atoms with Gasteiger partial charge in [-0.1, -0.05) is 30.3 Å². The first-order chi connectivity index (χ1) is 7.75. The molecule has 0 radical (unpaired) electrons. The molecule has 1 aromatic rings. The molecule has 1 fully saturated rings. The lowest BCUT2D eigenvalue weighted by Crippen LogP contribution is -2.41. The maximum atomic E-state index is 6.00. The molecular weight excluding hydrogens is 196 g/mol. The molecule has 2 nitrogen and oxygen atoms in total. The van der Waals surface area contributed by atoms with Crippen molar-refractivity contribution in [3.05, 3.63) is 35.9 Å². The molecule has 0 saturated carbocycles. The van der Waals surface area contributed by atoms with Crippen LogP contribution in [0.1, 0.15) is 25.3 Å². The van der Waals surface area contributed by atoms with E-state index >= 15 is 0 Å². The fourth-order valence-corrected chi connectivity index (χ4v) is 2.51. The summed E-state index contributed by atoms with van der Waals surface area (Å²) in [5, 5.41) is 0. The van der Waals surface area contributed by atoms with Gasteiger partial charge in [0.25, 0.3) is 0 Å². The van der Waals surface area contributed by atoms with Gasteiger partial charge in [-0.15, -0.1) is 0 Å². The molecule has 0 spiro atoms. The lowest BCUT2D eigenvalue weighted by Gasteiger charge is -2.34. The number of hydrogen-bond donors (Lipinski definition) is 1. The van der Waals surface area contributed by atoms with Crippen molar-refractivity contribution >= 4 is 0 Å². The van der Waals surface area contributed by atoms with E-state index in [1.54, 1.807) is 0 Å². The second-order valence-electron chi connectivity index (χ2n) is 4.98. The van der Waals surface area contributed by atoms with Crippen LogP contribution in [0, 0.1) is 5.92 Å².